The standard InChI is InChI=1S/C16H22N2O3/c1-20-13-8-6-12(7-9-13)17-16(19)18-10-3-11-21-15-5-2-4-14(15)18/h6-9,14-15H,2-5,10-11H2,1H3,(H,17,19)/t14-,15-/m0/s1. The maximum absolute atomic E-state index is 12.5. The highest BCUT2D eigenvalue weighted by Gasteiger charge is 2.36. The quantitative estimate of drug-likeness (QED) is 0.911. The summed E-state index contributed by atoms with van der Waals surface area (Å²) in [5.74, 6) is 0.784. The molecule has 2 amide bonds. The fourth-order valence-corrected chi connectivity index (χ4v) is 3.21. The molecule has 0 aromatic heterocycles. The van der Waals surface area contributed by atoms with Gasteiger partial charge in [0.2, 0.25) is 0 Å². The molecule has 5 heteroatoms. The van der Waals surface area contributed by atoms with Crippen molar-refractivity contribution >= 4 is 11.7 Å². The van der Waals surface area contributed by atoms with Gasteiger partial charge < -0.3 is 19.7 Å². The fourth-order valence-electron chi connectivity index (χ4n) is 3.21. The smallest absolute Gasteiger partial charge is 0.322 e. The molecule has 5 nitrogen and oxygen atoms in total. The van der Waals surface area contributed by atoms with Gasteiger partial charge in [0.1, 0.15) is 5.75 Å². The number of nitrogens with zero attached hydrogens (tertiary/aromatic N) is 1. The molecular formula is C16H22N2O3. The van der Waals surface area contributed by atoms with Crippen molar-refractivity contribution in [2.75, 3.05) is 25.6 Å². The van der Waals surface area contributed by atoms with Crippen LogP contribution < -0.4 is 10.1 Å². The Kier molecular flexibility index (Phi) is 4.29. The zero-order valence-electron chi connectivity index (χ0n) is 12.4. The summed E-state index contributed by atoms with van der Waals surface area (Å²) in [7, 11) is 1.63. The van der Waals surface area contributed by atoms with Gasteiger partial charge in [-0.05, 0) is 49.9 Å². The van der Waals surface area contributed by atoms with Crippen molar-refractivity contribution in [3.63, 3.8) is 0 Å². The van der Waals surface area contributed by atoms with Gasteiger partial charge >= 0.3 is 6.03 Å². The summed E-state index contributed by atoms with van der Waals surface area (Å²) in [6.45, 7) is 1.52. The van der Waals surface area contributed by atoms with Crippen molar-refractivity contribution in [2.24, 2.45) is 0 Å². The Labute approximate surface area is 125 Å². The molecule has 3 rings (SSSR count). The van der Waals surface area contributed by atoms with Crippen molar-refractivity contribution in [2.45, 2.75) is 37.8 Å². The molecule has 1 saturated carbocycles. The third kappa shape index (κ3) is 3.13. The molecule has 0 radical (unpaired) electrons. The second-order valence-corrected chi connectivity index (χ2v) is 5.61. The second-order valence-electron chi connectivity index (χ2n) is 5.61. The lowest BCUT2D eigenvalue weighted by Crippen LogP contribution is -2.45. The van der Waals surface area contributed by atoms with Crippen LogP contribution in [0, 0.1) is 0 Å². The minimum atomic E-state index is -0.0254. The minimum Gasteiger partial charge on any atom is -0.497 e. The number of ether oxygens (including phenoxy) is 2. The number of amides is 2. The van der Waals surface area contributed by atoms with Gasteiger partial charge in [0, 0.05) is 18.8 Å². The van der Waals surface area contributed by atoms with Crippen molar-refractivity contribution in [3.05, 3.63) is 24.3 Å². The highest BCUT2D eigenvalue weighted by molar-refractivity contribution is 5.89. The van der Waals surface area contributed by atoms with Gasteiger partial charge in [-0.25, -0.2) is 4.79 Å². The molecule has 1 N–H and O–H groups in total. The number of hydrogen-bond acceptors (Lipinski definition) is 3. The van der Waals surface area contributed by atoms with E-state index in [2.05, 4.69) is 5.32 Å². The number of carbonyl (C=O) groups is 1. The van der Waals surface area contributed by atoms with Gasteiger partial charge in [0.05, 0.1) is 19.3 Å². The number of hydrogen-bond donors (Lipinski definition) is 1. The number of nitrogens with one attached hydrogen (secondary N) is 1. The normalized spacial score (nSPS) is 25.1. The van der Waals surface area contributed by atoms with E-state index in [-0.39, 0.29) is 18.2 Å². The molecule has 1 saturated heterocycles. The van der Waals surface area contributed by atoms with Crippen molar-refractivity contribution in [3.8, 4) is 5.75 Å². The molecule has 0 spiro atoms. The lowest BCUT2D eigenvalue weighted by molar-refractivity contribution is 0.0413. The second kappa shape index (κ2) is 6.35. The van der Waals surface area contributed by atoms with E-state index in [0.717, 1.165) is 50.3 Å². The van der Waals surface area contributed by atoms with Gasteiger partial charge in [-0.2, -0.15) is 0 Å². The maximum atomic E-state index is 12.5. The molecule has 1 aromatic carbocycles. The summed E-state index contributed by atoms with van der Waals surface area (Å²) < 4.78 is 11.0. The Hall–Kier alpha value is -1.75. The SMILES string of the molecule is COc1ccc(NC(=O)N2CCCO[C@H]3CCC[C@@H]32)cc1. The largest absolute Gasteiger partial charge is 0.497 e. The molecule has 21 heavy (non-hydrogen) atoms. The molecule has 0 bridgehead atoms. The number of anilines is 1. The molecular weight excluding hydrogens is 268 g/mol. The van der Waals surface area contributed by atoms with Crippen LogP contribution in [-0.4, -0.2) is 43.3 Å². The first-order valence-electron chi connectivity index (χ1n) is 7.61. The predicted octanol–water partition coefficient (Wildman–Crippen LogP) is 2.87. The Balaban J connectivity index is 1.68. The third-order valence-corrected chi connectivity index (χ3v) is 4.30. The van der Waals surface area contributed by atoms with Gasteiger partial charge in [0.15, 0.2) is 0 Å². The van der Waals surface area contributed by atoms with E-state index in [1.165, 1.54) is 0 Å². The maximum Gasteiger partial charge on any atom is 0.322 e. The van der Waals surface area contributed by atoms with E-state index >= 15 is 0 Å². The minimum absolute atomic E-state index is 0.0254. The fraction of sp³-hybridized carbons (Fsp3) is 0.562. The van der Waals surface area contributed by atoms with E-state index in [1.807, 2.05) is 29.2 Å². The molecule has 1 heterocycles. The first-order chi connectivity index (χ1) is 10.3. The average Bonchev–Trinajstić information content (AvgIpc) is 2.87. The van der Waals surface area contributed by atoms with E-state index in [1.54, 1.807) is 7.11 Å². The van der Waals surface area contributed by atoms with Crippen molar-refractivity contribution in [1.29, 1.82) is 0 Å². The van der Waals surface area contributed by atoms with E-state index in [4.69, 9.17) is 9.47 Å². The zero-order chi connectivity index (χ0) is 14.7. The number of rotatable bonds is 2. The highest BCUT2D eigenvalue weighted by Crippen LogP contribution is 2.29. The number of urea groups is 1. The van der Waals surface area contributed by atoms with Crippen LogP contribution in [0.2, 0.25) is 0 Å². The number of carbonyl (C=O) groups excluding carboxylic acids is 1. The van der Waals surface area contributed by atoms with Crippen LogP contribution in [0.1, 0.15) is 25.7 Å². The molecule has 114 valence electrons. The molecule has 1 aliphatic heterocycles. The molecule has 1 aromatic rings. The molecule has 1 aliphatic carbocycles. The molecule has 2 aliphatic rings. The summed E-state index contributed by atoms with van der Waals surface area (Å²) in [6.07, 6.45) is 4.37. The summed E-state index contributed by atoms with van der Waals surface area (Å²) in [5.41, 5.74) is 0.792. The van der Waals surface area contributed by atoms with E-state index in [9.17, 15) is 4.79 Å². The molecule has 2 fully saturated rings. The third-order valence-electron chi connectivity index (χ3n) is 4.30. The molecule has 2 atom stereocenters. The monoisotopic (exact) mass is 290 g/mol. The van der Waals surface area contributed by atoms with E-state index < -0.39 is 0 Å². The number of methoxy groups -OCH3 is 1. The van der Waals surface area contributed by atoms with Crippen molar-refractivity contribution in [1.82, 2.24) is 4.90 Å². The van der Waals surface area contributed by atoms with Crippen LogP contribution in [0.3, 0.4) is 0 Å². The Bertz CT molecular complexity index is 489. The van der Waals surface area contributed by atoms with Crippen LogP contribution in [0.5, 0.6) is 5.75 Å². The van der Waals surface area contributed by atoms with Crippen LogP contribution in [-0.2, 0) is 4.74 Å². The number of benzene rings is 1. The average molecular weight is 290 g/mol. The Morgan fingerprint density at radius 1 is 1.29 bits per heavy atom. The van der Waals surface area contributed by atoms with Gasteiger partial charge in [0.25, 0.3) is 0 Å². The van der Waals surface area contributed by atoms with Crippen molar-refractivity contribution < 1.29 is 14.3 Å². The molecule has 0 unspecified atom stereocenters. The van der Waals surface area contributed by atoms with Gasteiger partial charge in [-0.1, -0.05) is 0 Å². The van der Waals surface area contributed by atoms with Crippen LogP contribution in [0.15, 0.2) is 24.3 Å². The van der Waals surface area contributed by atoms with Gasteiger partial charge in [-0.3, -0.25) is 0 Å². The van der Waals surface area contributed by atoms with Gasteiger partial charge in [-0.15, -0.1) is 0 Å². The topological polar surface area (TPSA) is 50.8 Å². The first-order valence-corrected chi connectivity index (χ1v) is 7.61. The summed E-state index contributed by atoms with van der Waals surface area (Å²) in [6, 6.07) is 7.61. The summed E-state index contributed by atoms with van der Waals surface area (Å²) in [5, 5.41) is 2.98. The first kappa shape index (κ1) is 14.2. The van der Waals surface area contributed by atoms with Crippen LogP contribution in [0.25, 0.3) is 0 Å². The number of fused-ring (bicyclic) bond motifs is 1. The summed E-state index contributed by atoms with van der Waals surface area (Å²) in [4.78, 5) is 14.5. The van der Waals surface area contributed by atoms with Crippen LogP contribution in [0.4, 0.5) is 10.5 Å². The Morgan fingerprint density at radius 3 is 2.86 bits per heavy atom. The zero-order valence-corrected chi connectivity index (χ0v) is 12.4. The Morgan fingerprint density at radius 2 is 2.10 bits per heavy atom. The predicted molar refractivity (Wildman–Crippen MR) is 80.7 cm³/mol. The lowest BCUT2D eigenvalue weighted by atomic mass is 10.2. The highest BCUT2D eigenvalue weighted by atomic mass is 16.5. The lowest BCUT2D eigenvalue weighted by Gasteiger charge is -2.30. The van der Waals surface area contributed by atoms with Crippen LogP contribution >= 0.6 is 0 Å². The van der Waals surface area contributed by atoms with E-state index in [0.29, 0.717) is 0 Å². The summed E-state index contributed by atoms with van der Waals surface area (Å²) >= 11 is 0.